The number of nitrogens with zero attached hydrogens (tertiary/aromatic N) is 1. The van der Waals surface area contributed by atoms with E-state index < -0.39 is 0 Å². The largest absolute Gasteiger partial charge is 0.334 e. The van der Waals surface area contributed by atoms with Crippen molar-refractivity contribution >= 4 is 21.8 Å². The molecule has 1 N–H and O–H groups in total. The van der Waals surface area contributed by atoms with Crippen molar-refractivity contribution in [2.24, 2.45) is 0 Å². The van der Waals surface area contributed by atoms with Gasteiger partial charge in [0.15, 0.2) is 0 Å². The van der Waals surface area contributed by atoms with Crippen LogP contribution < -0.4 is 5.32 Å². The summed E-state index contributed by atoms with van der Waals surface area (Å²) in [6.45, 7) is 4.87. The summed E-state index contributed by atoms with van der Waals surface area (Å²) in [6, 6.07) is 7.98. The minimum Gasteiger partial charge on any atom is -0.334 e. The molecule has 1 fully saturated rings. The molecule has 1 saturated heterocycles. The molecule has 0 aliphatic carbocycles. The fraction of sp³-hybridized carbons (Fsp3) is 0.500. The lowest BCUT2D eigenvalue weighted by Crippen LogP contribution is -2.42. The highest BCUT2D eigenvalue weighted by molar-refractivity contribution is 9.10. The first-order valence-corrected chi connectivity index (χ1v) is 7.29. The molecule has 1 amide bonds. The van der Waals surface area contributed by atoms with E-state index in [-0.39, 0.29) is 5.91 Å². The Morgan fingerprint density at radius 1 is 1.56 bits per heavy atom. The molecule has 0 aromatic heterocycles. The Balaban J connectivity index is 2.17. The van der Waals surface area contributed by atoms with Crippen LogP contribution in [-0.2, 0) is 0 Å². The maximum absolute atomic E-state index is 12.6. The van der Waals surface area contributed by atoms with E-state index in [0.717, 1.165) is 42.5 Å². The van der Waals surface area contributed by atoms with Crippen LogP contribution in [-0.4, -0.2) is 36.5 Å². The molecule has 0 saturated carbocycles. The summed E-state index contributed by atoms with van der Waals surface area (Å²) in [5.41, 5.74) is 0.768. The average molecular weight is 311 g/mol. The van der Waals surface area contributed by atoms with Crippen molar-refractivity contribution in [3.8, 4) is 0 Å². The first kappa shape index (κ1) is 13.6. The molecule has 18 heavy (non-hydrogen) atoms. The van der Waals surface area contributed by atoms with Gasteiger partial charge in [-0.2, -0.15) is 0 Å². The highest BCUT2D eigenvalue weighted by Gasteiger charge is 2.26. The van der Waals surface area contributed by atoms with Gasteiger partial charge in [-0.1, -0.05) is 28.9 Å². The standard InChI is InChI=1S/C14H19BrN2O/c1-2-8-17(13-6-7-16-10-13)14(18)11-4-3-5-12(15)9-11/h3-5,9,13,16H,2,6-8,10H2,1H3. The fourth-order valence-electron chi connectivity index (χ4n) is 2.38. The van der Waals surface area contributed by atoms with Gasteiger partial charge in [0.1, 0.15) is 0 Å². The molecular formula is C14H19BrN2O. The molecule has 2 rings (SSSR count). The van der Waals surface area contributed by atoms with Crippen LogP contribution >= 0.6 is 15.9 Å². The van der Waals surface area contributed by atoms with Gasteiger partial charge in [0.05, 0.1) is 0 Å². The van der Waals surface area contributed by atoms with Gasteiger partial charge in [-0.15, -0.1) is 0 Å². The molecule has 0 spiro atoms. The van der Waals surface area contributed by atoms with Crippen molar-refractivity contribution in [1.29, 1.82) is 0 Å². The molecule has 1 atom stereocenters. The van der Waals surface area contributed by atoms with Crippen LogP contribution in [0.1, 0.15) is 30.1 Å². The Kier molecular flexibility index (Phi) is 4.78. The maximum Gasteiger partial charge on any atom is 0.254 e. The summed E-state index contributed by atoms with van der Waals surface area (Å²) in [6.07, 6.45) is 2.05. The van der Waals surface area contributed by atoms with Crippen molar-refractivity contribution in [2.75, 3.05) is 19.6 Å². The molecule has 0 radical (unpaired) electrons. The number of carbonyl (C=O) groups is 1. The average Bonchev–Trinajstić information content (AvgIpc) is 2.89. The van der Waals surface area contributed by atoms with E-state index in [1.54, 1.807) is 0 Å². The third-order valence-electron chi connectivity index (χ3n) is 3.27. The zero-order valence-electron chi connectivity index (χ0n) is 10.7. The van der Waals surface area contributed by atoms with E-state index in [9.17, 15) is 4.79 Å². The van der Waals surface area contributed by atoms with Crippen LogP contribution in [0, 0.1) is 0 Å². The summed E-state index contributed by atoms with van der Waals surface area (Å²) in [5, 5.41) is 3.33. The zero-order valence-corrected chi connectivity index (χ0v) is 12.2. The molecule has 4 heteroatoms. The highest BCUT2D eigenvalue weighted by Crippen LogP contribution is 2.17. The maximum atomic E-state index is 12.6. The number of halogens is 1. The van der Waals surface area contributed by atoms with Gasteiger partial charge in [-0.3, -0.25) is 4.79 Å². The van der Waals surface area contributed by atoms with E-state index in [1.165, 1.54) is 0 Å². The molecule has 1 aromatic rings. The third kappa shape index (κ3) is 3.12. The van der Waals surface area contributed by atoms with Crippen LogP contribution in [0.5, 0.6) is 0 Å². The fourth-order valence-corrected chi connectivity index (χ4v) is 2.78. The number of hydrogen-bond donors (Lipinski definition) is 1. The SMILES string of the molecule is CCCN(C(=O)c1cccc(Br)c1)C1CCNC1. The molecule has 1 aliphatic heterocycles. The van der Waals surface area contributed by atoms with Crippen molar-refractivity contribution in [1.82, 2.24) is 10.2 Å². The molecule has 1 aromatic carbocycles. The number of amides is 1. The van der Waals surface area contributed by atoms with Crippen LogP contribution in [0.3, 0.4) is 0 Å². The summed E-state index contributed by atoms with van der Waals surface area (Å²) in [7, 11) is 0. The number of benzene rings is 1. The van der Waals surface area contributed by atoms with Crippen LogP contribution in [0.4, 0.5) is 0 Å². The minimum absolute atomic E-state index is 0.145. The second kappa shape index (κ2) is 6.34. The van der Waals surface area contributed by atoms with Crippen molar-refractivity contribution in [3.63, 3.8) is 0 Å². The molecule has 0 bridgehead atoms. The van der Waals surface area contributed by atoms with Crippen molar-refractivity contribution < 1.29 is 4.79 Å². The first-order chi connectivity index (χ1) is 8.72. The van der Waals surface area contributed by atoms with Crippen LogP contribution in [0.15, 0.2) is 28.7 Å². The van der Waals surface area contributed by atoms with Crippen LogP contribution in [0.2, 0.25) is 0 Å². The van der Waals surface area contributed by atoms with Gasteiger partial charge in [0.25, 0.3) is 5.91 Å². The summed E-state index contributed by atoms with van der Waals surface area (Å²) >= 11 is 3.42. The number of hydrogen-bond acceptors (Lipinski definition) is 2. The summed E-state index contributed by atoms with van der Waals surface area (Å²) < 4.78 is 0.953. The van der Waals surface area contributed by atoms with Gasteiger partial charge in [-0.25, -0.2) is 0 Å². The molecule has 1 aliphatic rings. The van der Waals surface area contributed by atoms with Gasteiger partial charge in [0.2, 0.25) is 0 Å². The monoisotopic (exact) mass is 310 g/mol. The lowest BCUT2D eigenvalue weighted by atomic mass is 10.1. The van der Waals surface area contributed by atoms with E-state index in [2.05, 4.69) is 28.2 Å². The van der Waals surface area contributed by atoms with Gasteiger partial charge in [-0.05, 0) is 37.6 Å². The Morgan fingerprint density at radius 2 is 2.39 bits per heavy atom. The third-order valence-corrected chi connectivity index (χ3v) is 3.77. The van der Waals surface area contributed by atoms with Gasteiger partial charge in [0, 0.05) is 29.2 Å². The van der Waals surface area contributed by atoms with Crippen LogP contribution in [0.25, 0.3) is 0 Å². The molecule has 1 unspecified atom stereocenters. The smallest absolute Gasteiger partial charge is 0.254 e. The molecule has 3 nitrogen and oxygen atoms in total. The number of rotatable bonds is 4. The number of nitrogens with one attached hydrogen (secondary N) is 1. The Bertz CT molecular complexity index is 416. The Hall–Kier alpha value is -0.870. The van der Waals surface area contributed by atoms with E-state index in [0.29, 0.717) is 6.04 Å². The van der Waals surface area contributed by atoms with E-state index in [4.69, 9.17) is 0 Å². The second-order valence-corrected chi connectivity index (χ2v) is 5.57. The minimum atomic E-state index is 0.145. The Labute approximate surface area is 117 Å². The quantitative estimate of drug-likeness (QED) is 0.927. The summed E-state index contributed by atoms with van der Waals surface area (Å²) in [4.78, 5) is 14.6. The van der Waals surface area contributed by atoms with E-state index in [1.807, 2.05) is 29.2 Å². The lowest BCUT2D eigenvalue weighted by molar-refractivity contribution is 0.0692. The van der Waals surface area contributed by atoms with Gasteiger partial charge < -0.3 is 10.2 Å². The van der Waals surface area contributed by atoms with E-state index >= 15 is 0 Å². The molecular weight excluding hydrogens is 292 g/mol. The topological polar surface area (TPSA) is 32.3 Å². The molecule has 1 heterocycles. The predicted octanol–water partition coefficient (Wildman–Crippen LogP) is 2.66. The number of carbonyl (C=O) groups excluding carboxylic acids is 1. The summed E-state index contributed by atoms with van der Waals surface area (Å²) in [5.74, 6) is 0.145. The zero-order chi connectivity index (χ0) is 13.0. The van der Waals surface area contributed by atoms with Crippen molar-refractivity contribution in [2.45, 2.75) is 25.8 Å². The lowest BCUT2D eigenvalue weighted by Gasteiger charge is -2.28. The first-order valence-electron chi connectivity index (χ1n) is 6.49. The molecule has 98 valence electrons. The second-order valence-electron chi connectivity index (χ2n) is 4.66. The predicted molar refractivity (Wildman–Crippen MR) is 76.7 cm³/mol. The Morgan fingerprint density at radius 3 is 3.00 bits per heavy atom. The van der Waals surface area contributed by atoms with Crippen molar-refractivity contribution in [3.05, 3.63) is 34.3 Å². The van der Waals surface area contributed by atoms with Gasteiger partial charge >= 0.3 is 0 Å². The highest BCUT2D eigenvalue weighted by atomic mass is 79.9. The normalized spacial score (nSPS) is 18.9.